The number of nitrogens with one attached hydrogen (secondary N) is 2. The van der Waals surface area contributed by atoms with Gasteiger partial charge in [0.25, 0.3) is 0 Å². The van der Waals surface area contributed by atoms with Gasteiger partial charge in [0.05, 0.1) is 29.1 Å². The van der Waals surface area contributed by atoms with E-state index in [0.717, 1.165) is 23.8 Å². The van der Waals surface area contributed by atoms with E-state index in [9.17, 15) is 0 Å². The Morgan fingerprint density at radius 3 is 3.00 bits per heavy atom. The van der Waals surface area contributed by atoms with Crippen molar-refractivity contribution in [3.05, 3.63) is 28.6 Å². The molecule has 0 saturated heterocycles. The van der Waals surface area contributed by atoms with Gasteiger partial charge in [-0.3, -0.25) is 5.10 Å². The molecule has 0 aliphatic heterocycles. The molecule has 8 heteroatoms. The lowest BCUT2D eigenvalue weighted by molar-refractivity contribution is 0.185. The highest BCUT2D eigenvalue weighted by Gasteiger charge is 2.14. The predicted octanol–water partition coefficient (Wildman–Crippen LogP) is 1.46. The molecular formula is C12H19ClN6O. The van der Waals surface area contributed by atoms with Crippen LogP contribution in [0.5, 0.6) is 0 Å². The quantitative estimate of drug-likeness (QED) is 0.809. The van der Waals surface area contributed by atoms with Crippen LogP contribution in [0.15, 0.2) is 6.33 Å². The molecule has 0 bridgehead atoms. The van der Waals surface area contributed by atoms with Crippen LogP contribution in [0.25, 0.3) is 0 Å². The maximum absolute atomic E-state index is 6.13. The molecular weight excluding hydrogens is 280 g/mol. The minimum atomic E-state index is 0.0439. The third-order valence-corrected chi connectivity index (χ3v) is 3.59. The number of aromatic amines is 1. The SMILES string of the molecule is COCCn1cnnc1[C@H](C)NCc1n[nH]c(C)c1Cl. The second-order valence-corrected chi connectivity index (χ2v) is 4.97. The zero-order valence-electron chi connectivity index (χ0n) is 11.9. The van der Waals surface area contributed by atoms with Crippen molar-refractivity contribution in [3.63, 3.8) is 0 Å². The molecule has 110 valence electrons. The van der Waals surface area contributed by atoms with Crippen LogP contribution in [0.3, 0.4) is 0 Å². The van der Waals surface area contributed by atoms with Crippen LogP contribution in [0.4, 0.5) is 0 Å². The van der Waals surface area contributed by atoms with Crippen LogP contribution in [0, 0.1) is 6.92 Å². The number of halogens is 1. The van der Waals surface area contributed by atoms with Gasteiger partial charge >= 0.3 is 0 Å². The second-order valence-electron chi connectivity index (χ2n) is 4.59. The summed E-state index contributed by atoms with van der Waals surface area (Å²) in [5.41, 5.74) is 1.68. The van der Waals surface area contributed by atoms with E-state index < -0.39 is 0 Å². The number of hydrogen-bond donors (Lipinski definition) is 2. The monoisotopic (exact) mass is 298 g/mol. The standard InChI is InChI=1S/C12H19ClN6O/c1-8-11(13)10(17-16-8)6-14-9(2)12-18-15-7-19(12)4-5-20-3/h7,9,14H,4-6H2,1-3H3,(H,16,17)/t9-/m0/s1. The van der Waals surface area contributed by atoms with Gasteiger partial charge in [-0.05, 0) is 13.8 Å². The minimum absolute atomic E-state index is 0.0439. The van der Waals surface area contributed by atoms with Gasteiger partial charge in [0, 0.05) is 20.2 Å². The highest BCUT2D eigenvalue weighted by molar-refractivity contribution is 6.31. The third-order valence-electron chi connectivity index (χ3n) is 3.09. The van der Waals surface area contributed by atoms with E-state index in [1.807, 2.05) is 18.4 Å². The molecule has 2 heterocycles. The number of aromatic nitrogens is 5. The molecule has 20 heavy (non-hydrogen) atoms. The lowest BCUT2D eigenvalue weighted by Gasteiger charge is -2.14. The van der Waals surface area contributed by atoms with Gasteiger partial charge in [-0.2, -0.15) is 5.10 Å². The Kier molecular flexibility index (Phi) is 5.11. The van der Waals surface area contributed by atoms with Gasteiger partial charge in [0.1, 0.15) is 12.2 Å². The molecule has 0 amide bonds. The number of H-pyrrole nitrogens is 1. The molecule has 0 radical (unpaired) electrons. The summed E-state index contributed by atoms with van der Waals surface area (Å²) >= 11 is 6.13. The summed E-state index contributed by atoms with van der Waals surface area (Å²) in [5.74, 6) is 0.866. The van der Waals surface area contributed by atoms with Crippen LogP contribution in [-0.4, -0.2) is 38.7 Å². The van der Waals surface area contributed by atoms with Crippen molar-refractivity contribution < 1.29 is 4.74 Å². The molecule has 7 nitrogen and oxygen atoms in total. The first-order valence-electron chi connectivity index (χ1n) is 6.42. The zero-order valence-corrected chi connectivity index (χ0v) is 12.6. The molecule has 0 spiro atoms. The molecule has 2 aromatic rings. The van der Waals surface area contributed by atoms with Crippen molar-refractivity contribution in [2.24, 2.45) is 0 Å². The Hall–Kier alpha value is -1.44. The fourth-order valence-electron chi connectivity index (χ4n) is 1.89. The Bertz CT molecular complexity index is 552. The van der Waals surface area contributed by atoms with E-state index in [4.69, 9.17) is 16.3 Å². The first-order chi connectivity index (χ1) is 9.63. The van der Waals surface area contributed by atoms with E-state index in [0.29, 0.717) is 18.2 Å². The largest absolute Gasteiger partial charge is 0.383 e. The van der Waals surface area contributed by atoms with Gasteiger partial charge in [0.2, 0.25) is 0 Å². The van der Waals surface area contributed by atoms with Crippen LogP contribution in [0.2, 0.25) is 5.02 Å². The summed E-state index contributed by atoms with van der Waals surface area (Å²) in [4.78, 5) is 0. The first kappa shape index (κ1) is 15.0. The smallest absolute Gasteiger partial charge is 0.149 e. The molecule has 0 fully saturated rings. The van der Waals surface area contributed by atoms with Crippen LogP contribution >= 0.6 is 11.6 Å². The van der Waals surface area contributed by atoms with Crippen molar-refractivity contribution in [1.29, 1.82) is 0 Å². The van der Waals surface area contributed by atoms with Gasteiger partial charge < -0.3 is 14.6 Å². The molecule has 0 unspecified atom stereocenters. The number of nitrogens with zero attached hydrogens (tertiary/aromatic N) is 4. The van der Waals surface area contributed by atoms with E-state index in [1.165, 1.54) is 0 Å². The molecule has 1 atom stereocenters. The summed E-state index contributed by atoms with van der Waals surface area (Å²) in [6.07, 6.45) is 1.71. The van der Waals surface area contributed by atoms with Crippen molar-refractivity contribution in [1.82, 2.24) is 30.3 Å². The number of methoxy groups -OCH3 is 1. The fourth-order valence-corrected chi connectivity index (χ4v) is 2.04. The average molecular weight is 299 g/mol. The second kappa shape index (κ2) is 6.83. The summed E-state index contributed by atoms with van der Waals surface area (Å²) < 4.78 is 7.04. The minimum Gasteiger partial charge on any atom is -0.383 e. The van der Waals surface area contributed by atoms with Crippen LogP contribution in [0.1, 0.15) is 30.2 Å². The molecule has 0 aliphatic rings. The first-order valence-corrected chi connectivity index (χ1v) is 6.80. The van der Waals surface area contributed by atoms with E-state index in [-0.39, 0.29) is 6.04 Å². The van der Waals surface area contributed by atoms with Crippen molar-refractivity contribution in [2.75, 3.05) is 13.7 Å². The maximum atomic E-state index is 6.13. The Balaban J connectivity index is 1.96. The van der Waals surface area contributed by atoms with E-state index >= 15 is 0 Å². The van der Waals surface area contributed by atoms with Crippen molar-refractivity contribution in [2.45, 2.75) is 33.0 Å². The highest BCUT2D eigenvalue weighted by Crippen LogP contribution is 2.18. The Morgan fingerprint density at radius 2 is 2.35 bits per heavy atom. The topological polar surface area (TPSA) is 80.7 Å². The lowest BCUT2D eigenvalue weighted by Crippen LogP contribution is -2.22. The third kappa shape index (κ3) is 3.36. The van der Waals surface area contributed by atoms with E-state index in [2.05, 4.69) is 25.7 Å². The molecule has 2 aromatic heterocycles. The number of ether oxygens (including phenoxy) is 1. The van der Waals surface area contributed by atoms with Crippen molar-refractivity contribution in [3.8, 4) is 0 Å². The normalized spacial score (nSPS) is 12.8. The fraction of sp³-hybridized carbons (Fsp3) is 0.583. The van der Waals surface area contributed by atoms with Crippen molar-refractivity contribution >= 4 is 11.6 Å². The van der Waals surface area contributed by atoms with Gasteiger partial charge in [-0.1, -0.05) is 11.6 Å². The molecule has 0 aromatic carbocycles. The Labute approximate surface area is 122 Å². The van der Waals surface area contributed by atoms with E-state index in [1.54, 1.807) is 13.4 Å². The summed E-state index contributed by atoms with van der Waals surface area (Å²) in [5, 5.41) is 19.1. The summed E-state index contributed by atoms with van der Waals surface area (Å²) in [6.45, 7) is 5.85. The van der Waals surface area contributed by atoms with Crippen LogP contribution < -0.4 is 5.32 Å². The van der Waals surface area contributed by atoms with Gasteiger partial charge in [-0.25, -0.2) is 0 Å². The summed E-state index contributed by atoms with van der Waals surface area (Å²) in [6, 6.07) is 0.0439. The Morgan fingerprint density at radius 1 is 1.55 bits per heavy atom. The number of aryl methyl sites for hydroxylation is 1. The van der Waals surface area contributed by atoms with Gasteiger partial charge in [0.15, 0.2) is 0 Å². The molecule has 2 N–H and O–H groups in total. The summed E-state index contributed by atoms with van der Waals surface area (Å²) in [7, 11) is 1.67. The highest BCUT2D eigenvalue weighted by atomic mass is 35.5. The lowest BCUT2D eigenvalue weighted by atomic mass is 10.3. The maximum Gasteiger partial charge on any atom is 0.149 e. The molecule has 0 saturated carbocycles. The average Bonchev–Trinajstić information content (AvgIpc) is 3.03. The number of rotatable bonds is 7. The molecule has 0 aliphatic carbocycles. The predicted molar refractivity (Wildman–Crippen MR) is 75.5 cm³/mol. The zero-order chi connectivity index (χ0) is 14.5. The molecule has 2 rings (SSSR count). The van der Waals surface area contributed by atoms with Crippen LogP contribution in [-0.2, 0) is 17.8 Å². The number of hydrogen-bond acceptors (Lipinski definition) is 5. The van der Waals surface area contributed by atoms with Gasteiger partial charge in [-0.15, -0.1) is 10.2 Å².